The minimum atomic E-state index is -0.429. The fraction of sp³-hybridized carbons (Fsp3) is 0.250. The van der Waals surface area contributed by atoms with Crippen molar-refractivity contribution in [2.75, 3.05) is 13.7 Å². The molecule has 96 valence electrons. The maximum atomic E-state index is 10.7. The molecule has 0 aliphatic carbocycles. The van der Waals surface area contributed by atoms with Crippen LogP contribution in [-0.4, -0.2) is 24.5 Å². The number of benzene rings is 1. The first-order valence-corrected chi connectivity index (χ1v) is 5.34. The summed E-state index contributed by atoms with van der Waals surface area (Å²) in [5, 5.41) is 13.4. The molecule has 18 heavy (non-hydrogen) atoms. The van der Waals surface area contributed by atoms with Gasteiger partial charge in [0, 0.05) is 31.0 Å². The van der Waals surface area contributed by atoms with Crippen molar-refractivity contribution in [1.82, 2.24) is 5.32 Å². The number of methoxy groups -OCH3 is 1. The first-order chi connectivity index (χ1) is 8.63. The highest BCUT2D eigenvalue weighted by atomic mass is 16.6. The Balaban J connectivity index is 2.33. The van der Waals surface area contributed by atoms with Gasteiger partial charge in [0.1, 0.15) is 0 Å². The number of carbonyl (C=O) groups is 1. The predicted molar refractivity (Wildman–Crippen MR) is 66.0 cm³/mol. The molecule has 0 aromatic heterocycles. The molecule has 0 saturated heterocycles. The standard InChI is InChI=1S/C12H14N2O4/c1-18-12(15)7-9-13-8-6-10-2-4-11(5-3-10)14(16)17/h2-5,7,9,13H,6,8H2,1H3/b9-7+. The SMILES string of the molecule is COC(=O)/C=C/NCCc1ccc([N+](=O)[O-])cc1. The number of nitrogens with zero attached hydrogens (tertiary/aromatic N) is 1. The average Bonchev–Trinajstić information content (AvgIpc) is 2.38. The van der Waals surface area contributed by atoms with E-state index in [1.807, 2.05) is 0 Å². The lowest BCUT2D eigenvalue weighted by Gasteiger charge is -2.01. The van der Waals surface area contributed by atoms with Gasteiger partial charge >= 0.3 is 5.97 Å². The Morgan fingerprint density at radius 2 is 2.11 bits per heavy atom. The fourth-order valence-electron chi connectivity index (χ4n) is 1.28. The topological polar surface area (TPSA) is 81.5 Å². The van der Waals surface area contributed by atoms with Gasteiger partial charge in [0.15, 0.2) is 0 Å². The summed E-state index contributed by atoms with van der Waals surface area (Å²) in [7, 11) is 1.31. The fourth-order valence-corrected chi connectivity index (χ4v) is 1.28. The number of hydrogen-bond acceptors (Lipinski definition) is 5. The molecule has 0 saturated carbocycles. The number of nitro groups is 1. The lowest BCUT2D eigenvalue weighted by molar-refractivity contribution is -0.384. The van der Waals surface area contributed by atoms with Gasteiger partial charge in [-0.05, 0) is 12.0 Å². The maximum absolute atomic E-state index is 10.7. The molecular weight excluding hydrogens is 236 g/mol. The first kappa shape index (κ1) is 13.7. The monoisotopic (exact) mass is 250 g/mol. The van der Waals surface area contributed by atoms with E-state index in [-0.39, 0.29) is 5.69 Å². The second-order valence-electron chi connectivity index (χ2n) is 3.48. The van der Waals surface area contributed by atoms with Crippen molar-refractivity contribution in [1.29, 1.82) is 0 Å². The molecule has 1 N–H and O–H groups in total. The number of ether oxygens (including phenoxy) is 1. The molecule has 0 fully saturated rings. The molecule has 1 rings (SSSR count). The van der Waals surface area contributed by atoms with Crippen LogP contribution in [0.2, 0.25) is 0 Å². The van der Waals surface area contributed by atoms with Crippen molar-refractivity contribution in [2.45, 2.75) is 6.42 Å². The normalized spacial score (nSPS) is 10.3. The number of nitro benzene ring substituents is 1. The van der Waals surface area contributed by atoms with E-state index in [1.165, 1.54) is 31.5 Å². The lowest BCUT2D eigenvalue weighted by atomic mass is 10.1. The van der Waals surface area contributed by atoms with Gasteiger partial charge in [-0.2, -0.15) is 0 Å². The molecule has 6 nitrogen and oxygen atoms in total. The van der Waals surface area contributed by atoms with Gasteiger partial charge in [-0.1, -0.05) is 12.1 Å². The summed E-state index contributed by atoms with van der Waals surface area (Å²) in [4.78, 5) is 20.7. The Kier molecular flexibility index (Phi) is 5.37. The number of non-ortho nitro benzene ring substituents is 1. The second kappa shape index (κ2) is 7.05. The van der Waals surface area contributed by atoms with Gasteiger partial charge in [-0.15, -0.1) is 0 Å². The highest BCUT2D eigenvalue weighted by molar-refractivity contribution is 5.81. The molecule has 1 aromatic carbocycles. The summed E-state index contributed by atoms with van der Waals surface area (Å²) < 4.78 is 4.42. The number of carbonyl (C=O) groups excluding carboxylic acids is 1. The van der Waals surface area contributed by atoms with Crippen LogP contribution in [0.1, 0.15) is 5.56 Å². The van der Waals surface area contributed by atoms with Crippen molar-refractivity contribution in [3.63, 3.8) is 0 Å². The number of rotatable bonds is 6. The van der Waals surface area contributed by atoms with Crippen molar-refractivity contribution in [3.8, 4) is 0 Å². The van der Waals surface area contributed by atoms with Gasteiger partial charge in [-0.3, -0.25) is 10.1 Å². The van der Waals surface area contributed by atoms with Gasteiger partial charge in [0.25, 0.3) is 5.69 Å². The van der Waals surface area contributed by atoms with Crippen LogP contribution in [0.5, 0.6) is 0 Å². The Hall–Kier alpha value is -2.37. The molecule has 1 aromatic rings. The van der Waals surface area contributed by atoms with Crippen molar-refractivity contribution < 1.29 is 14.5 Å². The molecule has 0 heterocycles. The van der Waals surface area contributed by atoms with Crippen LogP contribution >= 0.6 is 0 Å². The molecule has 0 unspecified atom stereocenters. The van der Waals surface area contributed by atoms with Crippen LogP contribution in [0.15, 0.2) is 36.5 Å². The van der Waals surface area contributed by atoms with E-state index in [4.69, 9.17) is 0 Å². The molecule has 6 heteroatoms. The summed E-state index contributed by atoms with van der Waals surface area (Å²) in [6.45, 7) is 0.630. The van der Waals surface area contributed by atoms with Gasteiger partial charge in [-0.25, -0.2) is 4.79 Å². The van der Waals surface area contributed by atoms with Crippen molar-refractivity contribution in [2.24, 2.45) is 0 Å². The van der Waals surface area contributed by atoms with E-state index >= 15 is 0 Å². The number of esters is 1. The van der Waals surface area contributed by atoms with Crippen molar-refractivity contribution >= 4 is 11.7 Å². The zero-order valence-electron chi connectivity index (χ0n) is 9.96. The van der Waals surface area contributed by atoms with Crippen LogP contribution in [0.25, 0.3) is 0 Å². The van der Waals surface area contributed by atoms with Crippen LogP contribution in [0, 0.1) is 10.1 Å². The Labute approximate surface area is 104 Å². The molecule has 0 aliphatic rings. The van der Waals surface area contributed by atoms with Gasteiger partial charge < -0.3 is 10.1 Å². The zero-order valence-corrected chi connectivity index (χ0v) is 9.96. The molecule has 0 spiro atoms. The van der Waals surface area contributed by atoms with Gasteiger partial charge in [0.05, 0.1) is 12.0 Å². The Bertz CT molecular complexity index is 440. The van der Waals surface area contributed by atoms with E-state index < -0.39 is 10.9 Å². The van der Waals surface area contributed by atoms with E-state index in [0.29, 0.717) is 13.0 Å². The number of nitrogens with one attached hydrogen (secondary N) is 1. The molecule has 0 atom stereocenters. The Morgan fingerprint density at radius 1 is 1.44 bits per heavy atom. The third-order valence-electron chi connectivity index (χ3n) is 2.24. The second-order valence-corrected chi connectivity index (χ2v) is 3.48. The molecule has 0 radical (unpaired) electrons. The molecule has 0 amide bonds. The maximum Gasteiger partial charge on any atom is 0.331 e. The van der Waals surface area contributed by atoms with Crippen molar-refractivity contribution in [3.05, 3.63) is 52.2 Å². The average molecular weight is 250 g/mol. The third kappa shape index (κ3) is 4.65. The van der Waals surface area contributed by atoms with Crippen LogP contribution in [-0.2, 0) is 16.0 Å². The third-order valence-corrected chi connectivity index (χ3v) is 2.24. The summed E-state index contributed by atoms with van der Waals surface area (Å²) in [6, 6.07) is 6.37. The summed E-state index contributed by atoms with van der Waals surface area (Å²) >= 11 is 0. The molecular formula is C12H14N2O4. The highest BCUT2D eigenvalue weighted by Crippen LogP contribution is 2.11. The smallest absolute Gasteiger partial charge is 0.331 e. The molecule has 0 aliphatic heterocycles. The van der Waals surface area contributed by atoms with Crippen LogP contribution in [0.3, 0.4) is 0 Å². The summed E-state index contributed by atoms with van der Waals surface area (Å²) in [6.07, 6.45) is 3.51. The number of hydrogen-bond donors (Lipinski definition) is 1. The van der Waals surface area contributed by atoms with E-state index in [0.717, 1.165) is 5.56 Å². The lowest BCUT2D eigenvalue weighted by Crippen LogP contribution is -2.10. The zero-order chi connectivity index (χ0) is 13.4. The minimum absolute atomic E-state index is 0.0808. The van der Waals surface area contributed by atoms with Crippen LogP contribution < -0.4 is 5.32 Å². The largest absolute Gasteiger partial charge is 0.466 e. The minimum Gasteiger partial charge on any atom is -0.466 e. The van der Waals surface area contributed by atoms with E-state index in [1.54, 1.807) is 12.1 Å². The highest BCUT2D eigenvalue weighted by Gasteiger charge is 2.03. The van der Waals surface area contributed by atoms with E-state index in [9.17, 15) is 14.9 Å². The summed E-state index contributed by atoms with van der Waals surface area (Å²) in [5.41, 5.74) is 1.07. The predicted octanol–water partition coefficient (Wildman–Crippen LogP) is 1.41. The van der Waals surface area contributed by atoms with Gasteiger partial charge in [0.2, 0.25) is 0 Å². The van der Waals surface area contributed by atoms with Crippen LogP contribution in [0.4, 0.5) is 5.69 Å². The summed E-state index contributed by atoms with van der Waals surface area (Å²) in [5.74, 6) is -0.419. The van der Waals surface area contributed by atoms with E-state index in [2.05, 4.69) is 10.1 Å². The molecule has 0 bridgehead atoms. The first-order valence-electron chi connectivity index (χ1n) is 5.34. The Morgan fingerprint density at radius 3 is 2.67 bits per heavy atom. The quantitative estimate of drug-likeness (QED) is 0.271.